The highest BCUT2D eigenvalue weighted by Gasteiger charge is 2.27. The SMILES string of the molecule is Cc1ccc(S(=O)(=O)N2CCCCC2)cc1C(=O)OCC(=O)Nc1cc(F)cc(F)c1. The summed E-state index contributed by atoms with van der Waals surface area (Å²) in [6.45, 7) is 1.76. The van der Waals surface area contributed by atoms with Gasteiger partial charge in [0.15, 0.2) is 6.61 Å². The third kappa shape index (κ3) is 5.65. The zero-order valence-corrected chi connectivity index (χ0v) is 17.7. The van der Waals surface area contributed by atoms with Crippen molar-refractivity contribution in [2.45, 2.75) is 31.1 Å². The van der Waals surface area contributed by atoms with E-state index in [-0.39, 0.29) is 16.1 Å². The van der Waals surface area contributed by atoms with Gasteiger partial charge in [-0.05, 0) is 49.6 Å². The van der Waals surface area contributed by atoms with Crippen molar-refractivity contribution in [3.05, 3.63) is 59.2 Å². The lowest BCUT2D eigenvalue weighted by molar-refractivity contribution is -0.119. The van der Waals surface area contributed by atoms with Gasteiger partial charge in [0.1, 0.15) is 11.6 Å². The van der Waals surface area contributed by atoms with E-state index in [1.807, 2.05) is 0 Å². The number of amides is 1. The first-order chi connectivity index (χ1) is 14.7. The van der Waals surface area contributed by atoms with E-state index in [2.05, 4.69) is 5.32 Å². The molecular formula is C21H22F2N2O5S. The molecule has 1 amide bonds. The Hall–Kier alpha value is -2.85. The van der Waals surface area contributed by atoms with Gasteiger partial charge >= 0.3 is 5.97 Å². The molecule has 0 saturated carbocycles. The molecule has 1 aliphatic heterocycles. The highest BCUT2D eigenvalue weighted by Crippen LogP contribution is 2.23. The molecule has 0 aromatic heterocycles. The molecule has 1 heterocycles. The van der Waals surface area contributed by atoms with E-state index in [0.717, 1.165) is 31.4 Å². The van der Waals surface area contributed by atoms with Gasteiger partial charge in [0, 0.05) is 24.8 Å². The molecule has 10 heteroatoms. The summed E-state index contributed by atoms with van der Waals surface area (Å²) >= 11 is 0. The topological polar surface area (TPSA) is 92.8 Å². The minimum Gasteiger partial charge on any atom is -0.452 e. The zero-order chi connectivity index (χ0) is 22.6. The summed E-state index contributed by atoms with van der Waals surface area (Å²) < 4.78 is 58.4. The van der Waals surface area contributed by atoms with Gasteiger partial charge in [-0.15, -0.1) is 0 Å². The van der Waals surface area contributed by atoms with E-state index in [1.165, 1.54) is 22.5 Å². The van der Waals surface area contributed by atoms with Gasteiger partial charge < -0.3 is 10.1 Å². The average Bonchev–Trinajstić information content (AvgIpc) is 2.72. The molecule has 31 heavy (non-hydrogen) atoms. The van der Waals surface area contributed by atoms with E-state index < -0.39 is 40.1 Å². The highest BCUT2D eigenvalue weighted by molar-refractivity contribution is 7.89. The smallest absolute Gasteiger partial charge is 0.338 e. The Morgan fingerprint density at radius 2 is 1.68 bits per heavy atom. The van der Waals surface area contributed by atoms with Crippen molar-refractivity contribution >= 4 is 27.6 Å². The number of esters is 1. The first-order valence-electron chi connectivity index (χ1n) is 9.71. The molecule has 0 radical (unpaired) electrons. The first-order valence-corrected chi connectivity index (χ1v) is 11.1. The molecule has 166 valence electrons. The van der Waals surface area contributed by atoms with E-state index in [1.54, 1.807) is 6.92 Å². The number of ether oxygens (including phenoxy) is 1. The Kier molecular flexibility index (Phi) is 7.01. The molecule has 0 aliphatic carbocycles. The Bertz CT molecular complexity index is 1080. The van der Waals surface area contributed by atoms with Gasteiger partial charge in [-0.3, -0.25) is 4.79 Å². The highest BCUT2D eigenvalue weighted by atomic mass is 32.2. The lowest BCUT2D eigenvalue weighted by Gasteiger charge is -2.26. The number of hydrogen-bond donors (Lipinski definition) is 1. The van der Waals surface area contributed by atoms with Crippen molar-refractivity contribution in [3.63, 3.8) is 0 Å². The quantitative estimate of drug-likeness (QED) is 0.680. The number of aryl methyl sites for hydroxylation is 1. The molecule has 0 unspecified atom stereocenters. The van der Waals surface area contributed by atoms with Crippen LogP contribution in [0.1, 0.15) is 35.2 Å². The van der Waals surface area contributed by atoms with Crippen LogP contribution in [0.4, 0.5) is 14.5 Å². The normalized spacial score (nSPS) is 14.8. The lowest BCUT2D eigenvalue weighted by Crippen LogP contribution is -2.35. The second-order valence-electron chi connectivity index (χ2n) is 7.22. The standard InChI is InChI=1S/C21H22F2N2O5S/c1-14-5-6-18(31(28,29)25-7-3-2-4-8-25)12-19(14)21(27)30-13-20(26)24-17-10-15(22)9-16(23)11-17/h5-6,9-12H,2-4,7-8,13H2,1H3,(H,24,26). The van der Waals surface area contributed by atoms with Gasteiger partial charge in [0.2, 0.25) is 10.0 Å². The van der Waals surface area contributed by atoms with Crippen LogP contribution in [0.3, 0.4) is 0 Å². The number of rotatable bonds is 6. The second-order valence-corrected chi connectivity index (χ2v) is 9.16. The van der Waals surface area contributed by atoms with Crippen molar-refractivity contribution in [3.8, 4) is 0 Å². The molecule has 0 atom stereocenters. The number of anilines is 1. The Morgan fingerprint density at radius 1 is 1.03 bits per heavy atom. The largest absolute Gasteiger partial charge is 0.452 e. The Balaban J connectivity index is 1.68. The number of piperidine rings is 1. The summed E-state index contributed by atoms with van der Waals surface area (Å²) in [4.78, 5) is 24.4. The third-order valence-corrected chi connectivity index (χ3v) is 6.76. The van der Waals surface area contributed by atoms with Crippen LogP contribution in [0.2, 0.25) is 0 Å². The van der Waals surface area contributed by atoms with Crippen LogP contribution < -0.4 is 5.32 Å². The summed E-state index contributed by atoms with van der Waals surface area (Å²) in [5.41, 5.74) is 0.377. The van der Waals surface area contributed by atoms with Crippen LogP contribution in [0, 0.1) is 18.6 Å². The number of carbonyl (C=O) groups excluding carboxylic acids is 2. The first kappa shape index (κ1) is 22.8. The maximum absolute atomic E-state index is 13.2. The van der Waals surface area contributed by atoms with E-state index >= 15 is 0 Å². The van der Waals surface area contributed by atoms with Crippen LogP contribution in [-0.2, 0) is 19.6 Å². The molecule has 1 saturated heterocycles. The second kappa shape index (κ2) is 9.52. The number of halogens is 2. The van der Waals surface area contributed by atoms with Gasteiger partial charge in [-0.25, -0.2) is 22.0 Å². The fourth-order valence-corrected chi connectivity index (χ4v) is 4.81. The van der Waals surface area contributed by atoms with Crippen LogP contribution in [0.5, 0.6) is 0 Å². The average molecular weight is 452 g/mol. The van der Waals surface area contributed by atoms with Gasteiger partial charge in [0.05, 0.1) is 10.5 Å². The van der Waals surface area contributed by atoms with Gasteiger partial charge in [0.25, 0.3) is 5.91 Å². The molecule has 1 fully saturated rings. The maximum atomic E-state index is 13.2. The number of nitrogens with one attached hydrogen (secondary N) is 1. The lowest BCUT2D eigenvalue weighted by atomic mass is 10.1. The number of benzene rings is 2. The molecule has 1 aliphatic rings. The number of sulfonamides is 1. The van der Waals surface area contributed by atoms with Crippen LogP contribution >= 0.6 is 0 Å². The van der Waals surface area contributed by atoms with Crippen molar-refractivity contribution in [1.82, 2.24) is 4.31 Å². The maximum Gasteiger partial charge on any atom is 0.338 e. The summed E-state index contributed by atoms with van der Waals surface area (Å²) in [5, 5.41) is 2.22. The fraction of sp³-hybridized carbons (Fsp3) is 0.333. The van der Waals surface area contributed by atoms with Crippen LogP contribution in [0.15, 0.2) is 41.3 Å². The molecular weight excluding hydrogens is 430 g/mol. The van der Waals surface area contributed by atoms with Crippen molar-refractivity contribution in [2.75, 3.05) is 25.0 Å². The molecule has 2 aromatic rings. The predicted molar refractivity (Wildman–Crippen MR) is 109 cm³/mol. The van der Waals surface area contributed by atoms with Gasteiger partial charge in [-0.1, -0.05) is 12.5 Å². The van der Waals surface area contributed by atoms with Gasteiger partial charge in [-0.2, -0.15) is 4.31 Å². The predicted octanol–water partition coefficient (Wildman–Crippen LogP) is 3.24. The summed E-state index contributed by atoms with van der Waals surface area (Å²) in [6.07, 6.45) is 2.54. The minimum atomic E-state index is -3.74. The molecule has 2 aromatic carbocycles. The molecule has 0 spiro atoms. The summed E-state index contributed by atoms with van der Waals surface area (Å²) in [7, 11) is -3.74. The van der Waals surface area contributed by atoms with E-state index in [4.69, 9.17) is 4.74 Å². The Morgan fingerprint density at radius 3 is 2.32 bits per heavy atom. The molecule has 7 nitrogen and oxygen atoms in total. The van der Waals surface area contributed by atoms with Crippen LogP contribution in [-0.4, -0.2) is 44.3 Å². The molecule has 3 rings (SSSR count). The van der Waals surface area contributed by atoms with Crippen molar-refractivity contribution in [1.29, 1.82) is 0 Å². The third-order valence-electron chi connectivity index (χ3n) is 4.86. The monoisotopic (exact) mass is 452 g/mol. The summed E-state index contributed by atoms with van der Waals surface area (Å²) in [6, 6.07) is 6.67. The van der Waals surface area contributed by atoms with E-state index in [0.29, 0.717) is 24.7 Å². The minimum absolute atomic E-state index is 0.0164. The summed E-state index contributed by atoms with van der Waals surface area (Å²) in [5.74, 6) is -3.41. The zero-order valence-electron chi connectivity index (χ0n) is 16.9. The van der Waals surface area contributed by atoms with Crippen molar-refractivity contribution in [2.24, 2.45) is 0 Å². The number of hydrogen-bond acceptors (Lipinski definition) is 5. The molecule has 1 N–H and O–H groups in total. The fourth-order valence-electron chi connectivity index (χ4n) is 3.27. The number of nitrogens with zero attached hydrogens (tertiary/aromatic N) is 1. The Labute approximate surface area is 179 Å². The van der Waals surface area contributed by atoms with Crippen molar-refractivity contribution < 1.29 is 31.5 Å². The van der Waals surface area contributed by atoms with Crippen LogP contribution in [0.25, 0.3) is 0 Å². The molecule has 0 bridgehead atoms. The number of carbonyl (C=O) groups is 2. The van der Waals surface area contributed by atoms with E-state index in [9.17, 15) is 26.8 Å².